The fourth-order valence-corrected chi connectivity index (χ4v) is 4.88. The smallest absolute Gasteiger partial charge is 0.242 e. The quantitative estimate of drug-likeness (QED) is 0.322. The topological polar surface area (TPSA) is 54.3 Å². The fraction of sp³-hybridized carbons (Fsp3) is 0.269. The number of hydrogen-bond acceptors (Lipinski definition) is 5. The third-order valence-electron chi connectivity index (χ3n) is 5.51. The minimum absolute atomic E-state index is 0.0973. The number of fused-ring (bicyclic) bond motifs is 1. The van der Waals surface area contributed by atoms with Crippen LogP contribution in [0.4, 0.5) is 0 Å². The van der Waals surface area contributed by atoms with E-state index in [9.17, 15) is 4.79 Å². The largest absolute Gasteiger partial charge is 0.497 e. The van der Waals surface area contributed by atoms with Crippen molar-refractivity contribution in [2.24, 2.45) is 10.2 Å². The standard InChI is InChI=1S/C26H27N3O2S/c1-3-4-12-24-25(30)29(18-21-10-7-9-20-8-5-6-11-23(20)21)26(32-24)28-27-17-19-13-15-22(31-2)16-14-19/h5-11,13-17,24H,3-4,12,18H2,1-2H3/b27-17-,28-26-/t24-/m1/s1. The molecule has 1 amide bonds. The zero-order valence-electron chi connectivity index (χ0n) is 18.4. The molecule has 0 aliphatic carbocycles. The van der Waals surface area contributed by atoms with E-state index in [4.69, 9.17) is 4.74 Å². The van der Waals surface area contributed by atoms with Crippen LogP contribution in [0.1, 0.15) is 37.3 Å². The monoisotopic (exact) mass is 445 g/mol. The van der Waals surface area contributed by atoms with Gasteiger partial charge in [0, 0.05) is 0 Å². The maximum absolute atomic E-state index is 13.2. The van der Waals surface area contributed by atoms with Crippen molar-refractivity contribution in [2.45, 2.75) is 38.0 Å². The summed E-state index contributed by atoms with van der Waals surface area (Å²) in [7, 11) is 1.64. The SMILES string of the molecule is CCCC[C@H]1S/C(=N\N=C/c2ccc(OC)cc2)N(Cc2cccc3ccccc23)C1=O. The molecule has 1 saturated heterocycles. The van der Waals surface area contributed by atoms with Gasteiger partial charge in [-0.05, 0) is 52.6 Å². The number of rotatable bonds is 8. The first-order chi connectivity index (χ1) is 15.7. The van der Waals surface area contributed by atoms with Gasteiger partial charge in [0.25, 0.3) is 0 Å². The van der Waals surface area contributed by atoms with Gasteiger partial charge in [-0.15, -0.1) is 5.10 Å². The van der Waals surface area contributed by atoms with E-state index in [1.165, 1.54) is 17.1 Å². The first-order valence-corrected chi connectivity index (χ1v) is 11.8. The van der Waals surface area contributed by atoms with Gasteiger partial charge >= 0.3 is 0 Å². The molecule has 4 rings (SSSR count). The Bertz CT molecular complexity index is 1140. The molecule has 1 aliphatic rings. The number of methoxy groups -OCH3 is 1. The Labute approximate surface area is 193 Å². The highest BCUT2D eigenvalue weighted by atomic mass is 32.2. The molecule has 1 atom stereocenters. The second kappa shape index (κ2) is 10.5. The highest BCUT2D eigenvalue weighted by molar-refractivity contribution is 8.15. The van der Waals surface area contributed by atoms with Crippen molar-refractivity contribution in [3.05, 3.63) is 77.9 Å². The molecule has 1 heterocycles. The summed E-state index contributed by atoms with van der Waals surface area (Å²) in [6.07, 6.45) is 4.64. The molecule has 32 heavy (non-hydrogen) atoms. The van der Waals surface area contributed by atoms with Gasteiger partial charge in [0.2, 0.25) is 5.91 Å². The first kappa shape index (κ1) is 22.1. The molecule has 0 N–H and O–H groups in total. The van der Waals surface area contributed by atoms with Crippen LogP contribution in [-0.2, 0) is 11.3 Å². The van der Waals surface area contributed by atoms with E-state index >= 15 is 0 Å². The number of benzene rings is 3. The van der Waals surface area contributed by atoms with Crippen molar-refractivity contribution in [1.82, 2.24) is 4.90 Å². The molecule has 3 aromatic carbocycles. The molecular weight excluding hydrogens is 418 g/mol. The Morgan fingerprint density at radius 3 is 2.62 bits per heavy atom. The Kier molecular flexibility index (Phi) is 7.22. The molecule has 1 aliphatic heterocycles. The highest BCUT2D eigenvalue weighted by Crippen LogP contribution is 2.33. The lowest BCUT2D eigenvalue weighted by Gasteiger charge is -2.17. The highest BCUT2D eigenvalue weighted by Gasteiger charge is 2.37. The summed E-state index contributed by atoms with van der Waals surface area (Å²) >= 11 is 1.53. The summed E-state index contributed by atoms with van der Waals surface area (Å²) in [5.41, 5.74) is 2.03. The summed E-state index contributed by atoms with van der Waals surface area (Å²) in [6.45, 7) is 2.64. The Balaban J connectivity index is 1.59. The van der Waals surface area contributed by atoms with Crippen molar-refractivity contribution in [3.8, 4) is 5.75 Å². The molecule has 0 spiro atoms. The van der Waals surface area contributed by atoms with Crippen LogP contribution in [0.3, 0.4) is 0 Å². The molecular formula is C26H27N3O2S. The van der Waals surface area contributed by atoms with Gasteiger partial charge in [-0.3, -0.25) is 9.69 Å². The minimum atomic E-state index is -0.0973. The van der Waals surface area contributed by atoms with Gasteiger partial charge in [-0.25, -0.2) is 0 Å². The predicted molar refractivity (Wildman–Crippen MR) is 133 cm³/mol. The second-order valence-electron chi connectivity index (χ2n) is 7.71. The predicted octanol–water partition coefficient (Wildman–Crippen LogP) is 5.87. The number of carbonyl (C=O) groups is 1. The minimum Gasteiger partial charge on any atom is -0.497 e. The number of unbranched alkanes of at least 4 members (excludes halogenated alkanes) is 1. The van der Waals surface area contributed by atoms with Crippen LogP contribution in [-0.4, -0.2) is 34.5 Å². The maximum Gasteiger partial charge on any atom is 0.242 e. The van der Waals surface area contributed by atoms with Crippen molar-refractivity contribution in [1.29, 1.82) is 0 Å². The van der Waals surface area contributed by atoms with Crippen LogP contribution in [0.25, 0.3) is 10.8 Å². The molecule has 0 saturated carbocycles. The lowest BCUT2D eigenvalue weighted by atomic mass is 10.0. The Morgan fingerprint density at radius 1 is 1.06 bits per heavy atom. The molecule has 3 aromatic rings. The van der Waals surface area contributed by atoms with Gasteiger partial charge in [0.15, 0.2) is 5.17 Å². The molecule has 5 nitrogen and oxygen atoms in total. The average molecular weight is 446 g/mol. The lowest BCUT2D eigenvalue weighted by Crippen LogP contribution is -2.31. The first-order valence-electron chi connectivity index (χ1n) is 10.9. The zero-order valence-corrected chi connectivity index (χ0v) is 19.2. The Morgan fingerprint density at radius 2 is 1.84 bits per heavy atom. The number of amides is 1. The van der Waals surface area contributed by atoms with E-state index in [-0.39, 0.29) is 11.2 Å². The van der Waals surface area contributed by atoms with Crippen LogP contribution in [0.5, 0.6) is 5.75 Å². The zero-order chi connectivity index (χ0) is 22.3. The normalized spacial score (nSPS) is 17.7. The number of carbonyl (C=O) groups excluding carboxylic acids is 1. The molecule has 0 aromatic heterocycles. The van der Waals surface area contributed by atoms with E-state index in [0.29, 0.717) is 11.7 Å². The third-order valence-corrected chi connectivity index (χ3v) is 6.75. The van der Waals surface area contributed by atoms with E-state index in [1.54, 1.807) is 18.2 Å². The van der Waals surface area contributed by atoms with Crippen LogP contribution >= 0.6 is 11.8 Å². The van der Waals surface area contributed by atoms with Gasteiger partial charge in [-0.2, -0.15) is 5.10 Å². The van der Waals surface area contributed by atoms with Gasteiger partial charge in [0.1, 0.15) is 5.75 Å². The Hall–Kier alpha value is -3.12. The van der Waals surface area contributed by atoms with Crippen molar-refractivity contribution >= 4 is 39.8 Å². The van der Waals surface area contributed by atoms with E-state index in [2.05, 4.69) is 41.4 Å². The van der Waals surface area contributed by atoms with E-state index < -0.39 is 0 Å². The lowest BCUT2D eigenvalue weighted by molar-refractivity contribution is -0.126. The molecule has 0 bridgehead atoms. The molecule has 0 unspecified atom stereocenters. The molecule has 0 radical (unpaired) electrons. The van der Waals surface area contributed by atoms with E-state index in [0.717, 1.165) is 41.5 Å². The van der Waals surface area contributed by atoms with Gasteiger partial charge in [-0.1, -0.05) is 74.0 Å². The number of amidine groups is 1. The molecule has 1 fully saturated rings. The van der Waals surface area contributed by atoms with Crippen molar-refractivity contribution in [3.63, 3.8) is 0 Å². The van der Waals surface area contributed by atoms with E-state index in [1.807, 2.05) is 42.5 Å². The fourth-order valence-electron chi connectivity index (χ4n) is 3.74. The number of hydrogen-bond donors (Lipinski definition) is 0. The maximum atomic E-state index is 13.2. The van der Waals surface area contributed by atoms with Gasteiger partial charge < -0.3 is 4.74 Å². The molecule has 6 heteroatoms. The summed E-state index contributed by atoms with van der Waals surface area (Å²) < 4.78 is 5.19. The van der Waals surface area contributed by atoms with Crippen LogP contribution in [0, 0.1) is 0 Å². The summed E-state index contributed by atoms with van der Waals surface area (Å²) in [5.74, 6) is 0.917. The summed E-state index contributed by atoms with van der Waals surface area (Å²) in [5, 5.41) is 11.6. The number of ether oxygens (including phenoxy) is 1. The van der Waals surface area contributed by atoms with Crippen molar-refractivity contribution < 1.29 is 9.53 Å². The number of thioether (sulfide) groups is 1. The average Bonchev–Trinajstić information content (AvgIpc) is 3.12. The van der Waals surface area contributed by atoms with Crippen LogP contribution in [0.15, 0.2) is 76.9 Å². The summed E-state index contributed by atoms with van der Waals surface area (Å²) in [4.78, 5) is 15.0. The second-order valence-corrected chi connectivity index (χ2v) is 8.88. The van der Waals surface area contributed by atoms with Crippen LogP contribution < -0.4 is 4.74 Å². The third kappa shape index (κ3) is 5.02. The van der Waals surface area contributed by atoms with Crippen molar-refractivity contribution in [2.75, 3.05) is 7.11 Å². The van der Waals surface area contributed by atoms with Crippen LogP contribution in [0.2, 0.25) is 0 Å². The molecule has 164 valence electrons. The summed E-state index contributed by atoms with van der Waals surface area (Å²) in [6, 6.07) is 22.1. The van der Waals surface area contributed by atoms with Gasteiger partial charge in [0.05, 0.1) is 25.1 Å². The number of nitrogens with zero attached hydrogens (tertiary/aromatic N) is 3.